The van der Waals surface area contributed by atoms with E-state index >= 15 is 0 Å². The largest absolute Gasteiger partial charge is 0.309 e. The molecule has 0 spiro atoms. The fourth-order valence-electron chi connectivity index (χ4n) is 8.43. The summed E-state index contributed by atoms with van der Waals surface area (Å²) in [6.07, 6.45) is 0. The summed E-state index contributed by atoms with van der Waals surface area (Å²) in [7, 11) is 0. The molecule has 0 unspecified atom stereocenters. The van der Waals surface area contributed by atoms with E-state index in [4.69, 9.17) is 9.97 Å². The molecule has 3 heterocycles. The van der Waals surface area contributed by atoms with E-state index in [1.165, 1.54) is 32.9 Å². The minimum atomic E-state index is 0.708. The molecule has 262 valence electrons. The van der Waals surface area contributed by atoms with Crippen molar-refractivity contribution in [1.29, 1.82) is 0 Å². The molecule has 0 aliphatic carbocycles. The summed E-state index contributed by atoms with van der Waals surface area (Å²) >= 11 is 0. The van der Waals surface area contributed by atoms with Gasteiger partial charge in [-0.05, 0) is 76.9 Å². The van der Waals surface area contributed by atoms with E-state index in [-0.39, 0.29) is 0 Å². The van der Waals surface area contributed by atoms with Crippen LogP contribution in [-0.2, 0) is 0 Å². The van der Waals surface area contributed by atoms with Crippen molar-refractivity contribution in [2.45, 2.75) is 0 Å². The first kappa shape index (κ1) is 31.9. The summed E-state index contributed by atoms with van der Waals surface area (Å²) in [6.45, 7) is 0. The maximum absolute atomic E-state index is 5.38. The molecule has 4 nitrogen and oxygen atoms in total. The fraction of sp³-hybridized carbons (Fsp3) is 0. The van der Waals surface area contributed by atoms with Crippen LogP contribution in [0.25, 0.3) is 100 Å². The molecule has 8 aromatic carbocycles. The van der Waals surface area contributed by atoms with Crippen molar-refractivity contribution in [2.24, 2.45) is 0 Å². The monoisotopic (exact) mass is 714 g/mol. The lowest BCUT2D eigenvalue weighted by Crippen LogP contribution is -1.99. The average Bonchev–Trinajstić information content (AvgIpc) is 3.80. The normalized spacial score (nSPS) is 11.6. The van der Waals surface area contributed by atoms with Crippen LogP contribution in [0.15, 0.2) is 206 Å². The molecule has 3 aromatic heterocycles. The highest BCUT2D eigenvalue weighted by Crippen LogP contribution is 2.41. The number of hydrogen-bond acceptors (Lipinski definition) is 2. The van der Waals surface area contributed by atoms with Crippen LogP contribution in [0.1, 0.15) is 0 Å². The molecule has 0 fully saturated rings. The van der Waals surface area contributed by atoms with Crippen LogP contribution >= 0.6 is 0 Å². The van der Waals surface area contributed by atoms with Gasteiger partial charge in [0.2, 0.25) is 0 Å². The van der Waals surface area contributed by atoms with Crippen LogP contribution in [0.5, 0.6) is 0 Å². The summed E-state index contributed by atoms with van der Waals surface area (Å²) in [5, 5.41) is 3.59. The van der Waals surface area contributed by atoms with Crippen LogP contribution in [0.4, 0.5) is 0 Å². The topological polar surface area (TPSA) is 35.6 Å². The van der Waals surface area contributed by atoms with E-state index in [0.717, 1.165) is 61.3 Å². The zero-order chi connectivity index (χ0) is 37.0. The SMILES string of the molecule is c1ccc(-c2nc(-c3cccc(-c4cccc(-c5cccc6c5c5ccccc5n6-c5ccccc5)c4)c3)c3c(n2)c2ccccc2n3-c2ccccc2)cc1. The highest BCUT2D eigenvalue weighted by molar-refractivity contribution is 6.16. The van der Waals surface area contributed by atoms with Gasteiger partial charge in [0, 0.05) is 38.7 Å². The maximum Gasteiger partial charge on any atom is 0.160 e. The van der Waals surface area contributed by atoms with Gasteiger partial charge in [-0.2, -0.15) is 0 Å². The van der Waals surface area contributed by atoms with Crippen molar-refractivity contribution in [3.8, 4) is 56.3 Å². The van der Waals surface area contributed by atoms with Gasteiger partial charge in [0.05, 0.1) is 27.8 Å². The Bertz CT molecular complexity index is 3230. The number of fused-ring (bicyclic) bond motifs is 6. The van der Waals surface area contributed by atoms with Crippen LogP contribution in [0.3, 0.4) is 0 Å². The van der Waals surface area contributed by atoms with Gasteiger partial charge in [-0.3, -0.25) is 0 Å². The Morgan fingerprint density at radius 1 is 0.339 bits per heavy atom. The van der Waals surface area contributed by atoms with Gasteiger partial charge in [0.25, 0.3) is 0 Å². The predicted octanol–water partition coefficient (Wildman–Crippen LogP) is 13.3. The first-order valence-corrected chi connectivity index (χ1v) is 19.0. The van der Waals surface area contributed by atoms with Gasteiger partial charge >= 0.3 is 0 Å². The average molecular weight is 715 g/mol. The smallest absolute Gasteiger partial charge is 0.160 e. The van der Waals surface area contributed by atoms with E-state index in [1.807, 2.05) is 18.2 Å². The summed E-state index contributed by atoms with van der Waals surface area (Å²) in [6, 6.07) is 73.2. The second kappa shape index (κ2) is 13.1. The van der Waals surface area contributed by atoms with Gasteiger partial charge in [-0.15, -0.1) is 0 Å². The number of rotatable bonds is 6. The van der Waals surface area contributed by atoms with Gasteiger partial charge in [-0.25, -0.2) is 9.97 Å². The molecule has 0 radical (unpaired) electrons. The van der Waals surface area contributed by atoms with Crippen molar-refractivity contribution in [3.05, 3.63) is 206 Å². The zero-order valence-electron chi connectivity index (χ0n) is 30.4. The van der Waals surface area contributed by atoms with Crippen molar-refractivity contribution >= 4 is 43.7 Å². The Labute approximate surface area is 324 Å². The maximum atomic E-state index is 5.38. The molecule has 4 heteroatoms. The third-order valence-corrected chi connectivity index (χ3v) is 10.9. The fourth-order valence-corrected chi connectivity index (χ4v) is 8.43. The second-order valence-electron chi connectivity index (χ2n) is 14.2. The molecule has 0 saturated carbocycles. The van der Waals surface area contributed by atoms with Crippen molar-refractivity contribution < 1.29 is 0 Å². The number of nitrogens with zero attached hydrogens (tertiary/aromatic N) is 4. The molecule has 0 N–H and O–H groups in total. The van der Waals surface area contributed by atoms with Gasteiger partial charge in [0.15, 0.2) is 5.82 Å². The van der Waals surface area contributed by atoms with Crippen LogP contribution in [0, 0.1) is 0 Å². The van der Waals surface area contributed by atoms with Gasteiger partial charge in [-0.1, -0.05) is 152 Å². The minimum absolute atomic E-state index is 0.708. The Morgan fingerprint density at radius 3 is 1.55 bits per heavy atom. The molecule has 56 heavy (non-hydrogen) atoms. The lowest BCUT2D eigenvalue weighted by Gasteiger charge is -2.13. The van der Waals surface area contributed by atoms with Crippen LogP contribution < -0.4 is 0 Å². The van der Waals surface area contributed by atoms with Crippen molar-refractivity contribution in [2.75, 3.05) is 0 Å². The van der Waals surface area contributed by atoms with Crippen molar-refractivity contribution in [3.63, 3.8) is 0 Å². The van der Waals surface area contributed by atoms with Crippen molar-refractivity contribution in [1.82, 2.24) is 19.1 Å². The molecule has 0 saturated heterocycles. The summed E-state index contributed by atoms with van der Waals surface area (Å²) in [4.78, 5) is 10.6. The lowest BCUT2D eigenvalue weighted by atomic mass is 9.95. The molecule has 0 amide bonds. The number of benzene rings is 8. The molecule has 0 bridgehead atoms. The Hall–Kier alpha value is -7.56. The third-order valence-electron chi connectivity index (χ3n) is 10.9. The molecule has 0 aliphatic heterocycles. The summed E-state index contributed by atoms with van der Waals surface area (Å²) < 4.78 is 4.69. The minimum Gasteiger partial charge on any atom is -0.309 e. The first-order valence-electron chi connectivity index (χ1n) is 19.0. The second-order valence-corrected chi connectivity index (χ2v) is 14.2. The zero-order valence-corrected chi connectivity index (χ0v) is 30.4. The Kier molecular flexibility index (Phi) is 7.46. The van der Waals surface area contributed by atoms with Crippen LogP contribution in [-0.4, -0.2) is 19.1 Å². The Balaban J connectivity index is 1.11. The summed E-state index contributed by atoms with van der Waals surface area (Å²) in [5.74, 6) is 0.708. The van der Waals surface area contributed by atoms with E-state index in [9.17, 15) is 0 Å². The van der Waals surface area contributed by atoms with E-state index in [0.29, 0.717) is 5.82 Å². The molecular formula is C52H34N4. The number of hydrogen-bond donors (Lipinski definition) is 0. The molecule has 0 atom stereocenters. The van der Waals surface area contributed by atoms with Crippen LogP contribution in [0.2, 0.25) is 0 Å². The molecule has 0 aliphatic rings. The van der Waals surface area contributed by atoms with E-state index < -0.39 is 0 Å². The number of para-hydroxylation sites is 4. The number of aromatic nitrogens is 4. The van der Waals surface area contributed by atoms with Gasteiger partial charge in [0.1, 0.15) is 5.52 Å². The highest BCUT2D eigenvalue weighted by atomic mass is 15.0. The Morgan fingerprint density at radius 2 is 0.839 bits per heavy atom. The van der Waals surface area contributed by atoms with E-state index in [2.05, 4.69) is 197 Å². The first-order chi connectivity index (χ1) is 27.8. The van der Waals surface area contributed by atoms with E-state index in [1.54, 1.807) is 0 Å². The van der Waals surface area contributed by atoms with Gasteiger partial charge < -0.3 is 9.13 Å². The standard InChI is InChI=1S/C52H34N4/c1-4-17-35(18-5-1)52-53-49(51-50(54-52)44-28-11-13-31-46(44)56(51)41-25-8-3-9-26-41)39-22-15-20-37(34-39)36-19-14-21-38(33-36)42-29-16-32-47-48(42)43-27-10-12-30-45(43)55(47)40-23-6-2-7-24-40/h1-34H. The lowest BCUT2D eigenvalue weighted by molar-refractivity contribution is 1.15. The predicted molar refractivity (Wildman–Crippen MR) is 232 cm³/mol. The highest BCUT2D eigenvalue weighted by Gasteiger charge is 2.22. The summed E-state index contributed by atoms with van der Waals surface area (Å²) in [5.41, 5.74) is 15.2. The quantitative estimate of drug-likeness (QED) is 0.172. The third kappa shape index (κ3) is 5.15. The molecule has 11 rings (SSSR count). The molecule has 11 aromatic rings. The molecular weight excluding hydrogens is 681 g/mol.